The van der Waals surface area contributed by atoms with Crippen molar-refractivity contribution >= 4 is 0 Å². The first-order chi connectivity index (χ1) is 6.29. The van der Waals surface area contributed by atoms with Crippen molar-refractivity contribution < 1.29 is 4.74 Å². The van der Waals surface area contributed by atoms with Gasteiger partial charge in [-0.2, -0.15) is 0 Å². The van der Waals surface area contributed by atoms with Gasteiger partial charge in [0.1, 0.15) is 0 Å². The molecule has 1 heterocycles. The monoisotopic (exact) mass is 184 g/mol. The van der Waals surface area contributed by atoms with E-state index in [4.69, 9.17) is 10.6 Å². The Bertz CT molecular complexity index is 170. The molecule has 2 fully saturated rings. The van der Waals surface area contributed by atoms with Gasteiger partial charge in [-0.05, 0) is 32.1 Å². The Hall–Kier alpha value is -0.120. The van der Waals surface area contributed by atoms with Crippen molar-refractivity contribution in [3.8, 4) is 0 Å². The summed E-state index contributed by atoms with van der Waals surface area (Å²) in [7, 11) is 0. The van der Waals surface area contributed by atoms with Gasteiger partial charge >= 0.3 is 0 Å². The minimum Gasteiger partial charge on any atom is -0.374 e. The van der Waals surface area contributed by atoms with Crippen LogP contribution >= 0.6 is 0 Å². The van der Waals surface area contributed by atoms with E-state index in [0.717, 1.165) is 5.92 Å². The number of hydrogen-bond acceptors (Lipinski definition) is 3. The van der Waals surface area contributed by atoms with E-state index in [1.165, 1.54) is 32.1 Å². The van der Waals surface area contributed by atoms with E-state index in [0.29, 0.717) is 18.2 Å². The Kier molecular flexibility index (Phi) is 2.86. The Morgan fingerprint density at radius 2 is 2.15 bits per heavy atom. The van der Waals surface area contributed by atoms with Crippen molar-refractivity contribution in [1.82, 2.24) is 5.43 Å². The van der Waals surface area contributed by atoms with Crippen molar-refractivity contribution in [3.63, 3.8) is 0 Å². The summed E-state index contributed by atoms with van der Waals surface area (Å²) in [6.07, 6.45) is 7.13. The summed E-state index contributed by atoms with van der Waals surface area (Å²) < 4.78 is 5.80. The molecule has 0 amide bonds. The number of nitrogens with two attached hydrogens (primary N) is 1. The summed E-state index contributed by atoms with van der Waals surface area (Å²) in [5, 5.41) is 0. The fourth-order valence-corrected chi connectivity index (χ4v) is 2.17. The van der Waals surface area contributed by atoms with Crippen LogP contribution in [0, 0.1) is 5.92 Å². The maximum absolute atomic E-state index is 5.80. The van der Waals surface area contributed by atoms with Crippen LogP contribution in [0.3, 0.4) is 0 Å². The number of hydrogen-bond donors (Lipinski definition) is 2. The third-order valence-electron chi connectivity index (χ3n) is 3.21. The highest BCUT2D eigenvalue weighted by Gasteiger charge is 2.33. The predicted molar refractivity (Wildman–Crippen MR) is 52.0 cm³/mol. The van der Waals surface area contributed by atoms with Crippen LogP contribution < -0.4 is 11.3 Å². The Balaban J connectivity index is 1.80. The van der Waals surface area contributed by atoms with Crippen molar-refractivity contribution in [1.29, 1.82) is 0 Å². The lowest BCUT2D eigenvalue weighted by Crippen LogP contribution is -2.44. The molecule has 3 heteroatoms. The average molecular weight is 184 g/mol. The molecule has 3 atom stereocenters. The van der Waals surface area contributed by atoms with Crippen LogP contribution in [-0.2, 0) is 4.74 Å². The summed E-state index contributed by atoms with van der Waals surface area (Å²) in [6.45, 7) is 2.14. The molecule has 3 nitrogen and oxygen atoms in total. The van der Waals surface area contributed by atoms with E-state index in [9.17, 15) is 0 Å². The molecule has 1 saturated heterocycles. The van der Waals surface area contributed by atoms with E-state index in [2.05, 4.69) is 12.3 Å². The van der Waals surface area contributed by atoms with Crippen molar-refractivity contribution in [2.45, 2.75) is 57.3 Å². The van der Waals surface area contributed by atoms with Gasteiger partial charge in [0, 0.05) is 6.04 Å². The molecule has 0 aromatic heterocycles. The van der Waals surface area contributed by atoms with E-state index in [-0.39, 0.29) is 0 Å². The lowest BCUT2D eigenvalue weighted by molar-refractivity contribution is 0.0288. The van der Waals surface area contributed by atoms with Gasteiger partial charge in [-0.15, -0.1) is 0 Å². The molecule has 1 aliphatic carbocycles. The Labute approximate surface area is 80.0 Å². The quantitative estimate of drug-likeness (QED) is 0.509. The summed E-state index contributed by atoms with van der Waals surface area (Å²) in [4.78, 5) is 0. The number of nitrogens with one attached hydrogen (secondary N) is 1. The SMILES string of the molecule is CC1CCC(C(CC2CC2)NN)O1. The zero-order valence-electron chi connectivity index (χ0n) is 8.33. The molecule has 0 aromatic rings. The molecule has 1 saturated carbocycles. The average Bonchev–Trinajstić information content (AvgIpc) is 2.84. The van der Waals surface area contributed by atoms with Crippen LogP contribution in [0.4, 0.5) is 0 Å². The second-order valence-corrected chi connectivity index (χ2v) is 4.51. The normalized spacial score (nSPS) is 36.5. The molecular formula is C10H20N2O. The van der Waals surface area contributed by atoms with Gasteiger partial charge < -0.3 is 4.74 Å². The Morgan fingerprint density at radius 1 is 1.38 bits per heavy atom. The first-order valence-electron chi connectivity index (χ1n) is 5.41. The molecular weight excluding hydrogens is 164 g/mol. The second kappa shape index (κ2) is 3.95. The van der Waals surface area contributed by atoms with Crippen molar-refractivity contribution in [3.05, 3.63) is 0 Å². The lowest BCUT2D eigenvalue weighted by Gasteiger charge is -2.22. The van der Waals surface area contributed by atoms with E-state index >= 15 is 0 Å². The maximum atomic E-state index is 5.80. The third kappa shape index (κ3) is 2.42. The Morgan fingerprint density at radius 3 is 2.62 bits per heavy atom. The van der Waals surface area contributed by atoms with Crippen LogP contribution in [0.1, 0.15) is 39.0 Å². The maximum Gasteiger partial charge on any atom is 0.0746 e. The highest BCUT2D eigenvalue weighted by Crippen LogP contribution is 2.35. The zero-order chi connectivity index (χ0) is 9.26. The number of ether oxygens (including phenoxy) is 1. The molecule has 0 aromatic carbocycles. The molecule has 2 rings (SSSR count). The largest absolute Gasteiger partial charge is 0.374 e. The smallest absolute Gasteiger partial charge is 0.0746 e. The summed E-state index contributed by atoms with van der Waals surface area (Å²) in [5.74, 6) is 6.46. The standard InChI is InChI=1S/C10H20N2O/c1-7-2-5-10(13-7)9(12-11)6-8-3-4-8/h7-10,12H,2-6,11H2,1H3. The molecule has 1 aliphatic heterocycles. The van der Waals surface area contributed by atoms with Crippen LogP contribution in [0.15, 0.2) is 0 Å². The van der Waals surface area contributed by atoms with Crippen LogP contribution in [-0.4, -0.2) is 18.2 Å². The highest BCUT2D eigenvalue weighted by atomic mass is 16.5. The molecule has 0 radical (unpaired) electrons. The van der Waals surface area contributed by atoms with Crippen molar-refractivity contribution in [2.24, 2.45) is 11.8 Å². The van der Waals surface area contributed by atoms with Crippen LogP contribution in [0.5, 0.6) is 0 Å². The molecule has 0 spiro atoms. The van der Waals surface area contributed by atoms with Crippen LogP contribution in [0.25, 0.3) is 0 Å². The predicted octanol–water partition coefficient (Wildman–Crippen LogP) is 1.19. The molecule has 76 valence electrons. The second-order valence-electron chi connectivity index (χ2n) is 4.51. The number of hydrazine groups is 1. The van der Waals surface area contributed by atoms with Gasteiger partial charge in [-0.25, -0.2) is 0 Å². The van der Waals surface area contributed by atoms with E-state index < -0.39 is 0 Å². The first kappa shape index (κ1) is 9.44. The van der Waals surface area contributed by atoms with Gasteiger partial charge in [-0.1, -0.05) is 12.8 Å². The highest BCUT2D eigenvalue weighted by molar-refractivity contribution is 4.86. The van der Waals surface area contributed by atoms with Gasteiger partial charge in [0.15, 0.2) is 0 Å². The minimum atomic E-state index is 0.362. The zero-order valence-corrected chi connectivity index (χ0v) is 8.33. The number of rotatable bonds is 4. The van der Waals surface area contributed by atoms with Gasteiger partial charge in [0.05, 0.1) is 12.2 Å². The van der Waals surface area contributed by atoms with E-state index in [1.54, 1.807) is 0 Å². The first-order valence-corrected chi connectivity index (χ1v) is 5.41. The lowest BCUT2D eigenvalue weighted by atomic mass is 10.0. The third-order valence-corrected chi connectivity index (χ3v) is 3.21. The molecule has 13 heavy (non-hydrogen) atoms. The van der Waals surface area contributed by atoms with Crippen LogP contribution in [0.2, 0.25) is 0 Å². The summed E-state index contributed by atoms with van der Waals surface area (Å²) in [5.41, 5.74) is 2.91. The molecule has 0 bridgehead atoms. The topological polar surface area (TPSA) is 47.3 Å². The molecule has 3 N–H and O–H groups in total. The van der Waals surface area contributed by atoms with E-state index in [1.807, 2.05) is 0 Å². The summed E-state index contributed by atoms with van der Waals surface area (Å²) in [6, 6.07) is 0.387. The van der Waals surface area contributed by atoms with Gasteiger partial charge in [0.2, 0.25) is 0 Å². The van der Waals surface area contributed by atoms with Gasteiger partial charge in [-0.3, -0.25) is 11.3 Å². The van der Waals surface area contributed by atoms with Gasteiger partial charge in [0.25, 0.3) is 0 Å². The minimum absolute atomic E-state index is 0.362. The fraction of sp³-hybridized carbons (Fsp3) is 1.00. The van der Waals surface area contributed by atoms with Crippen molar-refractivity contribution in [2.75, 3.05) is 0 Å². The molecule has 3 unspecified atom stereocenters. The summed E-state index contributed by atoms with van der Waals surface area (Å²) >= 11 is 0. The fourth-order valence-electron chi connectivity index (χ4n) is 2.17. The molecule has 2 aliphatic rings.